The van der Waals surface area contributed by atoms with Crippen molar-refractivity contribution in [2.75, 3.05) is 39.9 Å². The van der Waals surface area contributed by atoms with Gasteiger partial charge in [-0.25, -0.2) is 0 Å². The van der Waals surface area contributed by atoms with E-state index in [1.54, 1.807) is 0 Å². The molecule has 1 aliphatic heterocycles. The molecule has 0 radical (unpaired) electrons. The van der Waals surface area contributed by atoms with Crippen LogP contribution in [0.15, 0.2) is 30.3 Å². The molecule has 3 heteroatoms. The lowest BCUT2D eigenvalue weighted by atomic mass is 9.95. The Bertz CT molecular complexity index is 382. The van der Waals surface area contributed by atoms with Crippen LogP contribution >= 0.6 is 0 Å². The summed E-state index contributed by atoms with van der Waals surface area (Å²) in [5.41, 5.74) is 1.42. The number of hydrogen-bond donors (Lipinski definition) is 1. The average molecular weight is 290 g/mol. The van der Waals surface area contributed by atoms with Crippen molar-refractivity contribution in [2.24, 2.45) is 5.92 Å². The summed E-state index contributed by atoms with van der Waals surface area (Å²) in [4.78, 5) is 2.45. The lowest BCUT2D eigenvalue weighted by molar-refractivity contribution is 0.0199. The smallest absolute Gasteiger partial charge is 0.0521 e. The Morgan fingerprint density at radius 3 is 2.86 bits per heavy atom. The molecule has 3 nitrogen and oxygen atoms in total. The number of nitrogens with zero attached hydrogens (tertiary/aromatic N) is 1. The number of hydrogen-bond acceptors (Lipinski definition) is 3. The van der Waals surface area contributed by atoms with E-state index >= 15 is 0 Å². The van der Waals surface area contributed by atoms with Crippen molar-refractivity contribution in [3.8, 4) is 0 Å². The molecule has 0 spiro atoms. The van der Waals surface area contributed by atoms with Gasteiger partial charge in [-0.05, 0) is 38.4 Å². The highest BCUT2D eigenvalue weighted by Gasteiger charge is 2.25. The highest BCUT2D eigenvalue weighted by atomic mass is 16.5. The molecular formula is C18H30N2O. The van der Waals surface area contributed by atoms with Crippen LogP contribution in [0.25, 0.3) is 0 Å². The first-order chi connectivity index (χ1) is 10.3. The lowest BCUT2D eigenvalue weighted by Gasteiger charge is -2.35. The SMILES string of the molecule is CCCNC1CCOCC1CN(C)CCc1ccccc1. The Hall–Kier alpha value is -0.900. The standard InChI is InChI=1S/C18H30N2O/c1-3-11-19-18-10-13-21-15-17(18)14-20(2)12-9-16-7-5-4-6-8-16/h4-8,17-19H,3,9-15H2,1-2H3. The molecule has 1 aromatic rings. The molecule has 0 bridgehead atoms. The van der Waals surface area contributed by atoms with E-state index in [-0.39, 0.29) is 0 Å². The van der Waals surface area contributed by atoms with Gasteiger partial charge in [-0.3, -0.25) is 0 Å². The fraction of sp³-hybridized carbons (Fsp3) is 0.667. The zero-order valence-corrected chi connectivity index (χ0v) is 13.6. The maximum absolute atomic E-state index is 5.69. The van der Waals surface area contributed by atoms with Crippen molar-refractivity contribution in [3.05, 3.63) is 35.9 Å². The molecule has 2 atom stereocenters. The number of ether oxygens (including phenoxy) is 1. The third kappa shape index (κ3) is 5.77. The maximum atomic E-state index is 5.69. The quantitative estimate of drug-likeness (QED) is 0.796. The maximum Gasteiger partial charge on any atom is 0.0521 e. The fourth-order valence-electron chi connectivity index (χ4n) is 3.03. The van der Waals surface area contributed by atoms with E-state index in [0.717, 1.165) is 45.7 Å². The van der Waals surface area contributed by atoms with Gasteiger partial charge in [0.05, 0.1) is 6.61 Å². The Morgan fingerprint density at radius 1 is 1.29 bits per heavy atom. The third-order valence-corrected chi connectivity index (χ3v) is 4.30. The topological polar surface area (TPSA) is 24.5 Å². The van der Waals surface area contributed by atoms with Gasteiger partial charge in [0.2, 0.25) is 0 Å². The summed E-state index contributed by atoms with van der Waals surface area (Å²) in [5.74, 6) is 0.617. The molecule has 118 valence electrons. The van der Waals surface area contributed by atoms with Gasteiger partial charge in [0, 0.05) is 31.7 Å². The van der Waals surface area contributed by atoms with Gasteiger partial charge >= 0.3 is 0 Å². The molecule has 0 amide bonds. The van der Waals surface area contributed by atoms with E-state index in [1.165, 1.54) is 12.0 Å². The van der Waals surface area contributed by atoms with Crippen LogP contribution in [0.5, 0.6) is 0 Å². The van der Waals surface area contributed by atoms with Gasteiger partial charge in [0.15, 0.2) is 0 Å². The van der Waals surface area contributed by atoms with E-state index in [4.69, 9.17) is 4.74 Å². The van der Waals surface area contributed by atoms with Crippen LogP contribution < -0.4 is 5.32 Å². The molecule has 2 unspecified atom stereocenters. The molecule has 0 saturated carbocycles. The van der Waals surface area contributed by atoms with E-state index in [9.17, 15) is 0 Å². The van der Waals surface area contributed by atoms with Gasteiger partial charge < -0.3 is 15.0 Å². The largest absolute Gasteiger partial charge is 0.381 e. The van der Waals surface area contributed by atoms with Crippen molar-refractivity contribution in [1.82, 2.24) is 10.2 Å². The summed E-state index contributed by atoms with van der Waals surface area (Å²) in [7, 11) is 2.23. The number of rotatable bonds is 8. The molecule has 1 aromatic carbocycles. The summed E-state index contributed by atoms with van der Waals surface area (Å²) >= 11 is 0. The van der Waals surface area contributed by atoms with Crippen molar-refractivity contribution in [1.29, 1.82) is 0 Å². The normalized spacial score (nSPS) is 22.6. The predicted octanol–water partition coefficient (Wildman–Crippen LogP) is 2.57. The second-order valence-electron chi connectivity index (χ2n) is 6.18. The second kappa shape index (κ2) is 9.19. The van der Waals surface area contributed by atoms with E-state index in [0.29, 0.717) is 12.0 Å². The average Bonchev–Trinajstić information content (AvgIpc) is 2.53. The fourth-order valence-corrected chi connectivity index (χ4v) is 3.03. The highest BCUT2D eigenvalue weighted by molar-refractivity contribution is 5.14. The first-order valence-corrected chi connectivity index (χ1v) is 8.33. The first-order valence-electron chi connectivity index (χ1n) is 8.33. The minimum Gasteiger partial charge on any atom is -0.381 e. The van der Waals surface area contributed by atoms with Gasteiger partial charge in [0.25, 0.3) is 0 Å². The zero-order valence-electron chi connectivity index (χ0n) is 13.6. The Balaban J connectivity index is 1.75. The Labute approximate surface area is 129 Å². The van der Waals surface area contributed by atoms with Crippen molar-refractivity contribution >= 4 is 0 Å². The van der Waals surface area contributed by atoms with E-state index in [2.05, 4.69) is 54.5 Å². The molecule has 1 fully saturated rings. The first kappa shape index (κ1) is 16.5. The lowest BCUT2D eigenvalue weighted by Crippen LogP contribution is -2.47. The molecule has 1 aliphatic rings. The van der Waals surface area contributed by atoms with Gasteiger partial charge in [0.1, 0.15) is 0 Å². The van der Waals surface area contributed by atoms with Crippen LogP contribution in [-0.4, -0.2) is 50.8 Å². The van der Waals surface area contributed by atoms with Crippen LogP contribution in [0.1, 0.15) is 25.3 Å². The molecule has 2 rings (SSSR count). The molecule has 1 saturated heterocycles. The van der Waals surface area contributed by atoms with Crippen LogP contribution in [0, 0.1) is 5.92 Å². The highest BCUT2D eigenvalue weighted by Crippen LogP contribution is 2.16. The minimum absolute atomic E-state index is 0.617. The van der Waals surface area contributed by atoms with E-state index < -0.39 is 0 Å². The van der Waals surface area contributed by atoms with Gasteiger partial charge in [-0.2, -0.15) is 0 Å². The monoisotopic (exact) mass is 290 g/mol. The van der Waals surface area contributed by atoms with E-state index in [1.807, 2.05) is 0 Å². The van der Waals surface area contributed by atoms with Gasteiger partial charge in [-0.15, -0.1) is 0 Å². The minimum atomic E-state index is 0.617. The van der Waals surface area contributed by atoms with Crippen molar-refractivity contribution < 1.29 is 4.74 Å². The van der Waals surface area contributed by atoms with Crippen molar-refractivity contribution in [3.63, 3.8) is 0 Å². The molecule has 0 aliphatic carbocycles. The molecule has 1 heterocycles. The van der Waals surface area contributed by atoms with Crippen LogP contribution in [0.4, 0.5) is 0 Å². The number of nitrogens with one attached hydrogen (secondary N) is 1. The summed E-state index contributed by atoms with van der Waals surface area (Å²) in [5, 5.41) is 3.69. The third-order valence-electron chi connectivity index (χ3n) is 4.30. The predicted molar refractivity (Wildman–Crippen MR) is 88.7 cm³/mol. The van der Waals surface area contributed by atoms with Crippen LogP contribution in [0.3, 0.4) is 0 Å². The number of benzene rings is 1. The van der Waals surface area contributed by atoms with Crippen LogP contribution in [0.2, 0.25) is 0 Å². The molecule has 0 aromatic heterocycles. The molecule has 21 heavy (non-hydrogen) atoms. The van der Waals surface area contributed by atoms with Crippen molar-refractivity contribution in [2.45, 2.75) is 32.2 Å². The Morgan fingerprint density at radius 2 is 2.10 bits per heavy atom. The molecule has 1 N–H and O–H groups in total. The van der Waals surface area contributed by atoms with Gasteiger partial charge in [-0.1, -0.05) is 37.3 Å². The summed E-state index contributed by atoms with van der Waals surface area (Å²) in [6.45, 7) is 7.39. The zero-order chi connectivity index (χ0) is 14.9. The Kier molecular flexibility index (Phi) is 7.20. The second-order valence-corrected chi connectivity index (χ2v) is 6.18. The summed E-state index contributed by atoms with van der Waals surface area (Å²) < 4.78 is 5.69. The summed E-state index contributed by atoms with van der Waals surface area (Å²) in [6, 6.07) is 11.4. The number of likely N-dealkylation sites (N-methyl/N-ethyl adjacent to an activating group) is 1. The molecular weight excluding hydrogens is 260 g/mol. The summed E-state index contributed by atoms with van der Waals surface area (Å²) in [6.07, 6.45) is 3.48. The van der Waals surface area contributed by atoms with Crippen LogP contribution in [-0.2, 0) is 11.2 Å².